The van der Waals surface area contributed by atoms with E-state index in [4.69, 9.17) is 4.74 Å². The molecule has 39 heavy (non-hydrogen) atoms. The van der Waals surface area contributed by atoms with Crippen LogP contribution in [0.4, 0.5) is 18.9 Å². The van der Waals surface area contributed by atoms with Gasteiger partial charge in [-0.1, -0.05) is 11.3 Å². The maximum atomic E-state index is 14.3. The number of likely N-dealkylation sites (tertiary alicyclic amines) is 1. The van der Waals surface area contributed by atoms with E-state index in [-0.39, 0.29) is 37.2 Å². The van der Waals surface area contributed by atoms with E-state index in [0.29, 0.717) is 29.2 Å². The highest BCUT2D eigenvalue weighted by molar-refractivity contribution is 5.97. The first kappa shape index (κ1) is 26.0. The highest BCUT2D eigenvalue weighted by Crippen LogP contribution is 2.29. The second kappa shape index (κ2) is 11.4. The van der Waals surface area contributed by atoms with Crippen molar-refractivity contribution in [2.75, 3.05) is 11.9 Å². The molecule has 0 spiro atoms. The lowest BCUT2D eigenvalue weighted by Crippen LogP contribution is -2.44. The van der Waals surface area contributed by atoms with Gasteiger partial charge in [-0.25, -0.2) is 17.9 Å². The van der Waals surface area contributed by atoms with Crippen LogP contribution >= 0.6 is 0 Å². The molecule has 0 radical (unpaired) electrons. The molecule has 1 aliphatic heterocycles. The summed E-state index contributed by atoms with van der Waals surface area (Å²) in [5.74, 6) is -1.68. The number of anilines is 1. The van der Waals surface area contributed by atoms with Gasteiger partial charge in [-0.3, -0.25) is 9.59 Å². The summed E-state index contributed by atoms with van der Waals surface area (Å²) in [5.41, 5.74) is 0.811. The highest BCUT2D eigenvalue weighted by Gasteiger charge is 2.39. The highest BCUT2D eigenvalue weighted by atomic mass is 19.1. The number of benzene rings is 3. The molecule has 2 heterocycles. The summed E-state index contributed by atoms with van der Waals surface area (Å²) in [4.78, 5) is 27.9. The zero-order valence-electron chi connectivity index (χ0n) is 20.6. The van der Waals surface area contributed by atoms with Crippen LogP contribution in [0.15, 0.2) is 79.1 Å². The smallest absolute Gasteiger partial charge is 0.247 e. The quantitative estimate of drug-likeness (QED) is 0.357. The molecule has 1 fully saturated rings. The molecule has 11 heteroatoms. The molecule has 5 rings (SSSR count). The zero-order chi connectivity index (χ0) is 27.4. The predicted molar refractivity (Wildman–Crippen MR) is 135 cm³/mol. The number of carbonyl (C=O) groups is 2. The van der Waals surface area contributed by atoms with Crippen molar-refractivity contribution in [3.63, 3.8) is 0 Å². The predicted octanol–water partition coefficient (Wildman–Crippen LogP) is 4.59. The summed E-state index contributed by atoms with van der Waals surface area (Å²) in [7, 11) is 0. The molecule has 2 amide bonds. The summed E-state index contributed by atoms with van der Waals surface area (Å²) in [6.45, 7) is 0.129. The van der Waals surface area contributed by atoms with Crippen LogP contribution in [0.3, 0.4) is 0 Å². The summed E-state index contributed by atoms with van der Waals surface area (Å²) in [6, 6.07) is 14.8. The lowest BCUT2D eigenvalue weighted by Gasteiger charge is -2.24. The maximum absolute atomic E-state index is 14.3. The molecule has 2 atom stereocenters. The van der Waals surface area contributed by atoms with Crippen molar-refractivity contribution in [3.05, 3.63) is 102 Å². The number of amides is 2. The average Bonchev–Trinajstić information content (AvgIpc) is 3.58. The Morgan fingerprint density at radius 2 is 1.64 bits per heavy atom. The van der Waals surface area contributed by atoms with Gasteiger partial charge in [0.15, 0.2) is 0 Å². The van der Waals surface area contributed by atoms with E-state index in [1.54, 1.807) is 30.5 Å². The number of ether oxygens (including phenoxy) is 1. The Morgan fingerprint density at radius 1 is 0.949 bits per heavy atom. The van der Waals surface area contributed by atoms with E-state index in [9.17, 15) is 22.8 Å². The Morgan fingerprint density at radius 3 is 2.31 bits per heavy atom. The van der Waals surface area contributed by atoms with E-state index in [2.05, 4.69) is 15.6 Å². The van der Waals surface area contributed by atoms with Gasteiger partial charge in [-0.15, -0.1) is 5.10 Å². The monoisotopic (exact) mass is 535 g/mol. The summed E-state index contributed by atoms with van der Waals surface area (Å²) >= 11 is 0. The lowest BCUT2D eigenvalue weighted by molar-refractivity contribution is -0.137. The Kier molecular flexibility index (Phi) is 7.57. The van der Waals surface area contributed by atoms with Crippen LogP contribution in [0.1, 0.15) is 12.0 Å². The fourth-order valence-corrected chi connectivity index (χ4v) is 4.61. The maximum Gasteiger partial charge on any atom is 0.247 e. The van der Waals surface area contributed by atoms with Crippen molar-refractivity contribution < 1.29 is 27.5 Å². The van der Waals surface area contributed by atoms with Crippen molar-refractivity contribution in [1.82, 2.24) is 19.9 Å². The van der Waals surface area contributed by atoms with E-state index < -0.39 is 23.6 Å². The second-order valence-electron chi connectivity index (χ2n) is 9.27. The van der Waals surface area contributed by atoms with Crippen molar-refractivity contribution >= 4 is 17.5 Å². The normalized spacial score (nSPS) is 16.7. The minimum Gasteiger partial charge on any atom is -0.457 e. The number of hydrogen-bond donors (Lipinski definition) is 1. The van der Waals surface area contributed by atoms with Crippen LogP contribution in [0.25, 0.3) is 0 Å². The second-order valence-corrected chi connectivity index (χ2v) is 9.27. The summed E-state index contributed by atoms with van der Waals surface area (Å²) in [6.07, 6.45) is 3.55. The van der Waals surface area contributed by atoms with Crippen molar-refractivity contribution in [2.24, 2.45) is 5.92 Å². The van der Waals surface area contributed by atoms with Gasteiger partial charge in [0.25, 0.3) is 0 Å². The van der Waals surface area contributed by atoms with Gasteiger partial charge in [0.1, 0.15) is 41.5 Å². The minimum atomic E-state index is -0.801. The van der Waals surface area contributed by atoms with Crippen molar-refractivity contribution in [2.45, 2.75) is 25.4 Å². The number of hydrogen-bond acceptors (Lipinski definition) is 5. The van der Waals surface area contributed by atoms with Gasteiger partial charge < -0.3 is 15.0 Å². The molecule has 1 aromatic heterocycles. The standard InChI is InChI=1S/C28H24F3N5O3/c29-20-3-7-23(8-4-20)39-24-9-5-22(6-10-24)33-28(38)26-14-18(13-19-1-2-21(30)15-25(19)31)16-36(26)27(37)17-35-12-11-32-34-35/h1-12,15,18,26H,13-14,16-17H2,(H,33,38). The Bertz CT molecular complexity index is 1450. The molecule has 1 N–H and O–H groups in total. The summed E-state index contributed by atoms with van der Waals surface area (Å²) < 4.78 is 47.8. The topological polar surface area (TPSA) is 89.4 Å². The fourth-order valence-electron chi connectivity index (χ4n) is 4.61. The molecular formula is C28H24F3N5O3. The molecule has 8 nitrogen and oxygen atoms in total. The number of nitrogens with one attached hydrogen (secondary N) is 1. The third-order valence-electron chi connectivity index (χ3n) is 6.47. The molecule has 4 aromatic rings. The minimum absolute atomic E-state index is 0.100. The van der Waals surface area contributed by atoms with Crippen molar-refractivity contribution in [3.8, 4) is 11.5 Å². The Hall–Kier alpha value is -4.67. The number of carbonyl (C=O) groups excluding carboxylic acids is 2. The van der Waals surface area contributed by atoms with Gasteiger partial charge in [0.05, 0.1) is 6.20 Å². The van der Waals surface area contributed by atoms with Crippen molar-refractivity contribution in [1.29, 1.82) is 0 Å². The van der Waals surface area contributed by atoms with Gasteiger partial charge in [-0.2, -0.15) is 0 Å². The first-order chi connectivity index (χ1) is 18.8. The molecule has 0 aliphatic carbocycles. The van der Waals surface area contributed by atoms with Crippen LogP contribution in [0.5, 0.6) is 11.5 Å². The van der Waals surface area contributed by atoms with E-state index in [1.165, 1.54) is 52.2 Å². The molecule has 1 saturated heterocycles. The first-order valence-corrected chi connectivity index (χ1v) is 12.3. The summed E-state index contributed by atoms with van der Waals surface area (Å²) in [5, 5.41) is 10.4. The largest absolute Gasteiger partial charge is 0.457 e. The Balaban J connectivity index is 1.28. The van der Waals surface area contributed by atoms with Gasteiger partial charge >= 0.3 is 0 Å². The first-order valence-electron chi connectivity index (χ1n) is 12.3. The molecule has 0 saturated carbocycles. The fraction of sp³-hybridized carbons (Fsp3) is 0.214. The zero-order valence-corrected chi connectivity index (χ0v) is 20.6. The van der Waals surface area contributed by atoms with Crippen LogP contribution < -0.4 is 10.1 Å². The van der Waals surface area contributed by atoms with E-state index in [1.807, 2.05) is 0 Å². The van der Waals surface area contributed by atoms with Gasteiger partial charge in [0, 0.05) is 24.5 Å². The number of nitrogens with zero attached hydrogens (tertiary/aromatic N) is 4. The molecule has 3 aromatic carbocycles. The van der Waals surface area contributed by atoms with Crippen LogP contribution in [-0.2, 0) is 22.6 Å². The SMILES string of the molecule is O=C(Nc1ccc(Oc2ccc(F)cc2)cc1)C1CC(Cc2ccc(F)cc2F)CN1C(=O)Cn1ccnn1. The number of rotatable bonds is 8. The van der Waals surface area contributed by atoms with E-state index >= 15 is 0 Å². The van der Waals surface area contributed by atoms with Crippen LogP contribution in [0, 0.1) is 23.4 Å². The van der Waals surface area contributed by atoms with Gasteiger partial charge in [0.2, 0.25) is 11.8 Å². The molecule has 200 valence electrons. The third-order valence-corrected chi connectivity index (χ3v) is 6.47. The Labute approximate surface area is 222 Å². The van der Waals surface area contributed by atoms with E-state index in [0.717, 1.165) is 6.07 Å². The molecule has 1 aliphatic rings. The van der Waals surface area contributed by atoms with Crippen LogP contribution in [-0.4, -0.2) is 44.3 Å². The van der Waals surface area contributed by atoms with Gasteiger partial charge in [-0.05, 0) is 78.9 Å². The number of aromatic nitrogens is 3. The molecule has 2 unspecified atom stereocenters. The van der Waals surface area contributed by atoms with Crippen LogP contribution in [0.2, 0.25) is 0 Å². The average molecular weight is 536 g/mol. The third kappa shape index (κ3) is 6.43. The molecular weight excluding hydrogens is 511 g/mol. The number of halogens is 3. The lowest BCUT2D eigenvalue weighted by atomic mass is 9.96. The molecule has 0 bridgehead atoms.